The number of carbonyl (C=O) groups excluding carboxylic acids is 1. The standard InChI is InChI=1S/C29H33N3O4/c1-5-6-7-13-32-23-10-8-9-21(20(16-30)12-11-19(2)31(3)4)27(23)29(28(32)33)17-34-24-15-26-25(14-22(24)29)35-18-36-26/h8-12,14-16H,2,5-7,13,17-18,30H2,1,3-4H3/b12-11-,20-16+. The summed E-state index contributed by atoms with van der Waals surface area (Å²) in [6, 6.07) is 9.78. The Morgan fingerprint density at radius 2 is 1.92 bits per heavy atom. The van der Waals surface area contributed by atoms with Crippen LogP contribution in [0, 0.1) is 0 Å². The highest BCUT2D eigenvalue weighted by molar-refractivity contribution is 6.13. The molecular weight excluding hydrogens is 454 g/mol. The Morgan fingerprint density at radius 3 is 2.64 bits per heavy atom. The molecule has 0 saturated carbocycles. The van der Waals surface area contributed by atoms with Crippen molar-refractivity contribution < 1.29 is 19.0 Å². The molecule has 3 aliphatic rings. The maximum absolute atomic E-state index is 14.3. The van der Waals surface area contributed by atoms with E-state index in [4.69, 9.17) is 19.9 Å². The van der Waals surface area contributed by atoms with Crippen molar-refractivity contribution >= 4 is 17.2 Å². The molecule has 0 aliphatic carbocycles. The van der Waals surface area contributed by atoms with Crippen molar-refractivity contribution in [3.05, 3.63) is 77.7 Å². The van der Waals surface area contributed by atoms with Crippen molar-refractivity contribution in [3.8, 4) is 17.2 Å². The average Bonchev–Trinajstić information content (AvgIpc) is 3.55. The zero-order chi connectivity index (χ0) is 25.4. The maximum Gasteiger partial charge on any atom is 0.245 e. The number of hydrogen-bond donors (Lipinski definition) is 1. The van der Waals surface area contributed by atoms with Crippen LogP contribution >= 0.6 is 0 Å². The molecular formula is C29H33N3O4. The highest BCUT2D eigenvalue weighted by atomic mass is 16.7. The average molecular weight is 488 g/mol. The summed E-state index contributed by atoms with van der Waals surface area (Å²) in [7, 11) is 3.88. The Labute approximate surface area is 212 Å². The number of rotatable bonds is 8. The summed E-state index contributed by atoms with van der Waals surface area (Å²) in [5, 5.41) is 0. The smallest absolute Gasteiger partial charge is 0.245 e. The van der Waals surface area contributed by atoms with Crippen LogP contribution in [0.25, 0.3) is 5.57 Å². The third kappa shape index (κ3) is 3.61. The Balaban J connectivity index is 1.69. The number of anilines is 1. The van der Waals surface area contributed by atoms with Gasteiger partial charge in [0.15, 0.2) is 11.5 Å². The normalized spacial score (nSPS) is 19.7. The predicted octanol–water partition coefficient (Wildman–Crippen LogP) is 4.56. The molecule has 0 radical (unpaired) electrons. The molecule has 1 spiro atoms. The lowest BCUT2D eigenvalue weighted by Gasteiger charge is -2.24. The zero-order valence-corrected chi connectivity index (χ0v) is 21.2. The molecule has 2 aromatic carbocycles. The van der Waals surface area contributed by atoms with Crippen molar-refractivity contribution in [2.24, 2.45) is 5.73 Å². The summed E-state index contributed by atoms with van der Waals surface area (Å²) in [5.41, 5.74) is 10.4. The summed E-state index contributed by atoms with van der Waals surface area (Å²) in [6.07, 6.45) is 8.53. The first-order valence-electron chi connectivity index (χ1n) is 12.4. The highest BCUT2D eigenvalue weighted by Crippen LogP contribution is 2.56. The van der Waals surface area contributed by atoms with Gasteiger partial charge in [-0.3, -0.25) is 4.79 Å². The second-order valence-electron chi connectivity index (χ2n) is 9.60. The molecule has 2 N–H and O–H groups in total. The van der Waals surface area contributed by atoms with Gasteiger partial charge in [0.1, 0.15) is 17.8 Å². The van der Waals surface area contributed by atoms with E-state index >= 15 is 0 Å². The van der Waals surface area contributed by atoms with E-state index in [0.29, 0.717) is 23.8 Å². The van der Waals surface area contributed by atoms with Crippen molar-refractivity contribution in [1.82, 2.24) is 4.90 Å². The molecule has 0 fully saturated rings. The zero-order valence-electron chi connectivity index (χ0n) is 21.2. The minimum Gasteiger partial charge on any atom is -0.491 e. The molecule has 7 heteroatoms. The fourth-order valence-electron chi connectivity index (χ4n) is 5.24. The number of fused-ring (bicyclic) bond motifs is 5. The summed E-state index contributed by atoms with van der Waals surface area (Å²) in [4.78, 5) is 18.2. The van der Waals surface area contributed by atoms with E-state index in [9.17, 15) is 4.79 Å². The summed E-state index contributed by atoms with van der Waals surface area (Å²) < 4.78 is 17.4. The van der Waals surface area contributed by atoms with Gasteiger partial charge in [0, 0.05) is 55.4 Å². The number of ether oxygens (including phenoxy) is 3. The number of hydrogen-bond acceptors (Lipinski definition) is 6. The number of benzene rings is 2. The Bertz CT molecular complexity index is 1280. The second-order valence-corrected chi connectivity index (χ2v) is 9.60. The predicted molar refractivity (Wildman–Crippen MR) is 141 cm³/mol. The third-order valence-electron chi connectivity index (χ3n) is 7.25. The number of allylic oxidation sites excluding steroid dienone is 3. The van der Waals surface area contributed by atoms with Gasteiger partial charge < -0.3 is 29.7 Å². The summed E-state index contributed by atoms with van der Waals surface area (Å²) in [5.74, 6) is 1.94. The van der Waals surface area contributed by atoms with Gasteiger partial charge in [-0.05, 0) is 35.8 Å². The van der Waals surface area contributed by atoms with Gasteiger partial charge in [-0.2, -0.15) is 0 Å². The lowest BCUT2D eigenvalue weighted by molar-refractivity contribution is -0.122. The first-order chi connectivity index (χ1) is 17.4. The molecule has 3 aliphatic heterocycles. The van der Waals surface area contributed by atoms with E-state index in [1.165, 1.54) is 0 Å². The van der Waals surface area contributed by atoms with Crippen molar-refractivity contribution in [1.29, 1.82) is 0 Å². The lowest BCUT2D eigenvalue weighted by Crippen LogP contribution is -2.43. The maximum atomic E-state index is 14.3. The van der Waals surface area contributed by atoms with Gasteiger partial charge >= 0.3 is 0 Å². The molecule has 1 atom stereocenters. The molecule has 2 aromatic rings. The first kappa shape index (κ1) is 23.9. The molecule has 1 amide bonds. The molecule has 7 nitrogen and oxygen atoms in total. The number of amides is 1. The third-order valence-corrected chi connectivity index (χ3v) is 7.25. The van der Waals surface area contributed by atoms with E-state index in [1.807, 2.05) is 66.4 Å². The monoisotopic (exact) mass is 487 g/mol. The second kappa shape index (κ2) is 9.30. The molecule has 1 unspecified atom stereocenters. The number of carbonyl (C=O) groups is 1. The van der Waals surface area contributed by atoms with Crippen LogP contribution in [0.3, 0.4) is 0 Å². The lowest BCUT2D eigenvalue weighted by atomic mass is 9.74. The molecule has 0 bridgehead atoms. The van der Waals surface area contributed by atoms with Crippen LogP contribution in [-0.4, -0.2) is 44.8 Å². The number of likely N-dealkylation sites (N-methyl/N-ethyl adjacent to an activating group) is 1. The Morgan fingerprint density at radius 1 is 1.14 bits per heavy atom. The van der Waals surface area contributed by atoms with Crippen LogP contribution in [0.5, 0.6) is 17.2 Å². The van der Waals surface area contributed by atoms with Crippen molar-refractivity contribution in [3.63, 3.8) is 0 Å². The molecule has 0 saturated heterocycles. The highest BCUT2D eigenvalue weighted by Gasteiger charge is 2.58. The van der Waals surface area contributed by atoms with Gasteiger partial charge in [-0.15, -0.1) is 0 Å². The van der Waals surface area contributed by atoms with Crippen LogP contribution in [0.1, 0.15) is 42.9 Å². The molecule has 3 heterocycles. The van der Waals surface area contributed by atoms with E-state index in [1.54, 1.807) is 6.20 Å². The summed E-state index contributed by atoms with van der Waals surface area (Å²) in [6.45, 7) is 7.27. The summed E-state index contributed by atoms with van der Waals surface area (Å²) >= 11 is 0. The van der Waals surface area contributed by atoms with Gasteiger partial charge in [0.05, 0.1) is 0 Å². The number of unbranched alkanes of at least 4 members (excludes halogenated alkanes) is 2. The van der Waals surface area contributed by atoms with Crippen LogP contribution in [-0.2, 0) is 10.2 Å². The molecule has 36 heavy (non-hydrogen) atoms. The van der Waals surface area contributed by atoms with Crippen LogP contribution in [0.15, 0.2) is 61.0 Å². The minimum absolute atomic E-state index is 0.0247. The topological polar surface area (TPSA) is 77.3 Å². The van der Waals surface area contributed by atoms with Gasteiger partial charge in [-0.1, -0.05) is 44.6 Å². The van der Waals surface area contributed by atoms with Crippen LogP contribution < -0.4 is 24.8 Å². The van der Waals surface area contributed by atoms with E-state index in [-0.39, 0.29) is 19.3 Å². The fourth-order valence-corrected chi connectivity index (χ4v) is 5.24. The van der Waals surface area contributed by atoms with Gasteiger partial charge in [0.2, 0.25) is 12.7 Å². The fraction of sp³-hybridized carbons (Fsp3) is 0.345. The van der Waals surface area contributed by atoms with Crippen molar-refractivity contribution in [2.75, 3.05) is 38.9 Å². The van der Waals surface area contributed by atoms with E-state index in [0.717, 1.165) is 52.9 Å². The molecule has 188 valence electrons. The van der Waals surface area contributed by atoms with Crippen LogP contribution in [0.4, 0.5) is 5.69 Å². The number of nitrogens with two attached hydrogens (primary N) is 1. The first-order valence-corrected chi connectivity index (χ1v) is 12.4. The van der Waals surface area contributed by atoms with Gasteiger partial charge in [0.25, 0.3) is 0 Å². The Hall–Kier alpha value is -3.87. The van der Waals surface area contributed by atoms with E-state index in [2.05, 4.69) is 13.5 Å². The van der Waals surface area contributed by atoms with E-state index < -0.39 is 5.41 Å². The SMILES string of the molecule is C=C(/C=C\C(=C/N)c1cccc2c1C1(COc3cc4c(cc31)OCO4)C(=O)N2CCCCC)N(C)C. The van der Waals surface area contributed by atoms with Crippen molar-refractivity contribution in [2.45, 2.75) is 31.6 Å². The quantitative estimate of drug-likeness (QED) is 0.435. The van der Waals surface area contributed by atoms with Gasteiger partial charge in [-0.25, -0.2) is 0 Å². The van der Waals surface area contributed by atoms with Crippen LogP contribution in [0.2, 0.25) is 0 Å². The molecule has 0 aromatic heterocycles. The minimum atomic E-state index is -0.991. The largest absolute Gasteiger partial charge is 0.491 e. The Kier molecular flexibility index (Phi) is 6.16. The molecule has 5 rings (SSSR count). The number of nitrogens with zero attached hydrogens (tertiary/aromatic N) is 2.